The molecule has 36 heavy (non-hydrogen) atoms. The number of hydrogen-bond acceptors (Lipinski definition) is 5. The molecular weight excluding hydrogens is 455 g/mol. The molecule has 3 fully saturated rings. The average Bonchev–Trinajstić information content (AvgIpc) is 3.63. The summed E-state index contributed by atoms with van der Waals surface area (Å²) in [6.07, 6.45) is 12.0. The zero-order valence-electron chi connectivity index (χ0n) is 21.6. The van der Waals surface area contributed by atoms with Gasteiger partial charge in [-0.3, -0.25) is 4.79 Å². The molecule has 2 heterocycles. The number of aryl methyl sites for hydroxylation is 1. The Hall–Kier alpha value is -2.70. The van der Waals surface area contributed by atoms with Crippen molar-refractivity contribution >= 4 is 11.9 Å². The maximum Gasteiger partial charge on any atom is 0.225 e. The van der Waals surface area contributed by atoms with Gasteiger partial charge in [0.25, 0.3) is 0 Å². The second-order valence-electron chi connectivity index (χ2n) is 11.6. The van der Waals surface area contributed by atoms with Gasteiger partial charge in [0.05, 0.1) is 13.0 Å². The number of aromatic nitrogens is 2. The molecule has 5 rings (SSSR count). The molecule has 1 aromatic heterocycles. The molecule has 2 aromatic rings. The largest absolute Gasteiger partial charge is 0.493 e. The highest BCUT2D eigenvalue weighted by Crippen LogP contribution is 2.50. The summed E-state index contributed by atoms with van der Waals surface area (Å²) in [5.41, 5.74) is 1.73. The second-order valence-corrected chi connectivity index (χ2v) is 11.6. The highest BCUT2D eigenvalue weighted by molar-refractivity contribution is 5.78. The highest BCUT2D eigenvalue weighted by Gasteiger charge is 2.43. The van der Waals surface area contributed by atoms with Gasteiger partial charge in [0.1, 0.15) is 11.6 Å². The van der Waals surface area contributed by atoms with Gasteiger partial charge in [0, 0.05) is 38.1 Å². The van der Waals surface area contributed by atoms with Crippen LogP contribution < -0.4 is 15.0 Å². The van der Waals surface area contributed by atoms with Crippen LogP contribution in [0.15, 0.2) is 30.6 Å². The SMILES string of the molecule is Cc1cnc(N2CCC([C@H]3C[C@H]3CCOc3ccc(CC(=O)NCC4(C)CCC4)c(F)c3)CC2)nc1. The van der Waals surface area contributed by atoms with E-state index in [2.05, 4.69) is 27.1 Å². The second kappa shape index (κ2) is 10.7. The van der Waals surface area contributed by atoms with Crippen LogP contribution >= 0.6 is 0 Å². The van der Waals surface area contributed by atoms with Gasteiger partial charge in [-0.2, -0.15) is 0 Å². The number of carbonyl (C=O) groups is 1. The Labute approximate surface area is 214 Å². The minimum atomic E-state index is -0.369. The third-order valence-electron chi connectivity index (χ3n) is 8.58. The maximum absolute atomic E-state index is 14.6. The zero-order chi connectivity index (χ0) is 25.1. The zero-order valence-corrected chi connectivity index (χ0v) is 21.6. The Morgan fingerprint density at radius 3 is 2.64 bits per heavy atom. The first-order chi connectivity index (χ1) is 17.4. The van der Waals surface area contributed by atoms with Gasteiger partial charge in [-0.05, 0) is 85.8 Å². The van der Waals surface area contributed by atoms with Crippen LogP contribution in [-0.4, -0.2) is 42.1 Å². The Bertz CT molecular complexity index is 1050. The highest BCUT2D eigenvalue weighted by atomic mass is 19.1. The molecular formula is C29H39FN4O2. The molecule has 1 N–H and O–H groups in total. The van der Waals surface area contributed by atoms with Gasteiger partial charge in [-0.15, -0.1) is 0 Å². The lowest BCUT2D eigenvalue weighted by Gasteiger charge is -2.38. The van der Waals surface area contributed by atoms with Crippen molar-refractivity contribution < 1.29 is 13.9 Å². The van der Waals surface area contributed by atoms with Crippen molar-refractivity contribution in [2.45, 2.75) is 65.2 Å². The predicted octanol–water partition coefficient (Wildman–Crippen LogP) is 5.09. The quantitative estimate of drug-likeness (QED) is 0.498. The van der Waals surface area contributed by atoms with Crippen LogP contribution in [0.4, 0.5) is 10.3 Å². The van der Waals surface area contributed by atoms with Crippen molar-refractivity contribution in [1.82, 2.24) is 15.3 Å². The fourth-order valence-corrected chi connectivity index (χ4v) is 5.85. The van der Waals surface area contributed by atoms with Crippen LogP contribution in [0, 0.1) is 35.9 Å². The number of nitrogens with one attached hydrogen (secondary N) is 1. The van der Waals surface area contributed by atoms with Gasteiger partial charge >= 0.3 is 0 Å². The van der Waals surface area contributed by atoms with Crippen molar-refractivity contribution in [3.8, 4) is 5.75 Å². The van der Waals surface area contributed by atoms with E-state index in [0.717, 1.165) is 55.7 Å². The van der Waals surface area contributed by atoms with E-state index in [-0.39, 0.29) is 23.6 Å². The van der Waals surface area contributed by atoms with Crippen LogP contribution in [0.2, 0.25) is 0 Å². The Balaban J connectivity index is 0.998. The molecule has 194 valence electrons. The molecule has 2 saturated carbocycles. The molecule has 1 amide bonds. The van der Waals surface area contributed by atoms with Crippen molar-refractivity contribution in [2.75, 3.05) is 31.1 Å². The fraction of sp³-hybridized carbons (Fsp3) is 0.621. The summed E-state index contributed by atoms with van der Waals surface area (Å²) in [4.78, 5) is 23.5. The van der Waals surface area contributed by atoms with Crippen molar-refractivity contribution in [3.05, 3.63) is 47.5 Å². The summed E-state index contributed by atoms with van der Waals surface area (Å²) in [5, 5.41) is 2.97. The van der Waals surface area contributed by atoms with E-state index in [9.17, 15) is 9.18 Å². The van der Waals surface area contributed by atoms with Crippen LogP contribution in [0.5, 0.6) is 5.75 Å². The standard InChI is InChI=1S/C29H39FN4O2/c1-20-17-31-28(32-18-20)34-11-6-21(7-12-34)25-14-22(25)8-13-36-24-5-4-23(26(30)16-24)15-27(35)33-19-29(2)9-3-10-29/h4-5,16-18,21-22,25H,3,6-15,19H2,1-2H3,(H,33,35)/t22-,25-/m1/s1. The van der Waals surface area contributed by atoms with Crippen LogP contribution in [0.25, 0.3) is 0 Å². The van der Waals surface area contributed by atoms with Crippen LogP contribution in [-0.2, 0) is 11.2 Å². The lowest BCUT2D eigenvalue weighted by molar-refractivity contribution is -0.121. The number of amides is 1. The number of ether oxygens (including phenoxy) is 1. The molecule has 3 aliphatic rings. The number of anilines is 1. The van der Waals surface area contributed by atoms with E-state index in [0.29, 0.717) is 30.4 Å². The minimum absolute atomic E-state index is 0.0702. The lowest BCUT2D eigenvalue weighted by atomic mass is 9.70. The van der Waals surface area contributed by atoms with E-state index in [1.54, 1.807) is 12.1 Å². The first-order valence-electron chi connectivity index (χ1n) is 13.6. The molecule has 2 aliphatic carbocycles. The molecule has 2 atom stereocenters. The molecule has 1 saturated heterocycles. The summed E-state index contributed by atoms with van der Waals surface area (Å²) in [5.74, 6) is 3.17. The van der Waals surface area contributed by atoms with E-state index in [1.807, 2.05) is 19.3 Å². The Morgan fingerprint density at radius 2 is 1.97 bits per heavy atom. The van der Waals surface area contributed by atoms with Crippen molar-refractivity contribution in [3.63, 3.8) is 0 Å². The molecule has 7 heteroatoms. The fourth-order valence-electron chi connectivity index (χ4n) is 5.85. The topological polar surface area (TPSA) is 67.4 Å². The number of hydrogen-bond donors (Lipinski definition) is 1. The summed E-state index contributed by atoms with van der Waals surface area (Å²) < 4.78 is 20.4. The summed E-state index contributed by atoms with van der Waals surface area (Å²) in [7, 11) is 0. The first-order valence-corrected chi connectivity index (χ1v) is 13.6. The summed E-state index contributed by atoms with van der Waals surface area (Å²) in [6, 6.07) is 4.88. The van der Waals surface area contributed by atoms with E-state index >= 15 is 0 Å². The van der Waals surface area contributed by atoms with Crippen LogP contribution in [0.1, 0.15) is 63.0 Å². The first kappa shape index (κ1) is 25.0. The molecule has 0 bridgehead atoms. The number of piperidine rings is 1. The third kappa shape index (κ3) is 6.16. The average molecular weight is 495 g/mol. The molecule has 0 radical (unpaired) electrons. The summed E-state index contributed by atoms with van der Waals surface area (Å²) in [6.45, 7) is 7.54. The van der Waals surface area contributed by atoms with Crippen molar-refractivity contribution in [1.29, 1.82) is 0 Å². The molecule has 0 unspecified atom stereocenters. The number of benzene rings is 1. The minimum Gasteiger partial charge on any atom is -0.493 e. The number of nitrogens with zero attached hydrogens (tertiary/aromatic N) is 3. The Morgan fingerprint density at radius 1 is 1.22 bits per heavy atom. The number of carbonyl (C=O) groups excluding carboxylic acids is 1. The molecule has 1 aliphatic heterocycles. The monoisotopic (exact) mass is 494 g/mol. The van der Waals surface area contributed by atoms with Gasteiger partial charge in [-0.25, -0.2) is 14.4 Å². The smallest absolute Gasteiger partial charge is 0.225 e. The normalized spacial score (nSPS) is 23.1. The third-order valence-corrected chi connectivity index (χ3v) is 8.58. The maximum atomic E-state index is 14.6. The Kier molecular flexibility index (Phi) is 7.44. The van der Waals surface area contributed by atoms with E-state index in [4.69, 9.17) is 4.74 Å². The summed E-state index contributed by atoms with van der Waals surface area (Å²) >= 11 is 0. The van der Waals surface area contributed by atoms with Gasteiger partial charge in [0.15, 0.2) is 0 Å². The number of rotatable bonds is 10. The molecule has 1 aromatic carbocycles. The molecule has 6 nitrogen and oxygen atoms in total. The molecule has 0 spiro atoms. The van der Waals surface area contributed by atoms with Crippen LogP contribution in [0.3, 0.4) is 0 Å². The number of halogens is 1. The van der Waals surface area contributed by atoms with Gasteiger partial charge in [-0.1, -0.05) is 19.4 Å². The van der Waals surface area contributed by atoms with Crippen molar-refractivity contribution in [2.24, 2.45) is 23.2 Å². The van der Waals surface area contributed by atoms with Gasteiger partial charge in [0.2, 0.25) is 11.9 Å². The lowest BCUT2D eigenvalue weighted by Crippen LogP contribution is -2.40. The van der Waals surface area contributed by atoms with E-state index < -0.39 is 0 Å². The van der Waals surface area contributed by atoms with Gasteiger partial charge < -0.3 is 15.0 Å². The predicted molar refractivity (Wildman–Crippen MR) is 138 cm³/mol. The van der Waals surface area contributed by atoms with E-state index in [1.165, 1.54) is 31.7 Å².